The van der Waals surface area contributed by atoms with E-state index in [9.17, 15) is 0 Å². The number of benzene rings is 16. The number of fused-ring (bicyclic) bond motifs is 6. The molecular formula is C94H65N3. The molecule has 0 N–H and O–H groups in total. The summed E-state index contributed by atoms with van der Waals surface area (Å²) < 4.78 is 0. The van der Waals surface area contributed by atoms with Gasteiger partial charge in [0.05, 0.1) is 28.4 Å². The Morgan fingerprint density at radius 1 is 0.237 bits per heavy atom. The molecule has 0 saturated heterocycles. The summed E-state index contributed by atoms with van der Waals surface area (Å²) in [5.41, 5.74) is 29.2. The molecule has 0 amide bonds. The second kappa shape index (κ2) is 23.8. The van der Waals surface area contributed by atoms with E-state index in [0.717, 1.165) is 112 Å². The SMILES string of the molecule is CC12c3ccc(cc3)-c3ccccc3N(c3ccc(-c4ccccc4)cc3)c3ccc(c1c3)-c1cc3c(N(c4ccc(-c5ccccc5)cc4)c4ccccc4-c4ccccc4)c4ccccc4c(N(c4ccc(-c5ccccc5)cc4)c4ccccc4-c4ccccc4)c3cc12. The lowest BCUT2D eigenvalue weighted by Gasteiger charge is -2.35. The van der Waals surface area contributed by atoms with Crippen molar-refractivity contribution in [3.8, 4) is 77.9 Å². The molecule has 3 nitrogen and oxygen atoms in total. The molecule has 2 heterocycles. The van der Waals surface area contributed by atoms with Crippen LogP contribution in [0.15, 0.2) is 376 Å². The summed E-state index contributed by atoms with van der Waals surface area (Å²) in [4.78, 5) is 7.61. The monoisotopic (exact) mass is 1240 g/mol. The summed E-state index contributed by atoms with van der Waals surface area (Å²) >= 11 is 0. The molecule has 0 spiro atoms. The van der Waals surface area contributed by atoms with Crippen molar-refractivity contribution in [2.75, 3.05) is 14.7 Å². The third kappa shape index (κ3) is 9.73. The Morgan fingerprint density at radius 2 is 0.588 bits per heavy atom. The van der Waals surface area contributed by atoms with Gasteiger partial charge in [0.15, 0.2) is 0 Å². The van der Waals surface area contributed by atoms with Crippen molar-refractivity contribution in [1.82, 2.24) is 0 Å². The normalized spacial score (nSPS) is 13.4. The Bertz CT molecular complexity index is 5600. The lowest BCUT2D eigenvalue weighted by molar-refractivity contribution is 0.715. The van der Waals surface area contributed by atoms with Gasteiger partial charge in [-0.2, -0.15) is 0 Å². The first-order valence-electron chi connectivity index (χ1n) is 33.6. The maximum absolute atomic E-state index is 2.61. The fraction of sp³-hybridized carbons (Fsp3) is 0.0213. The van der Waals surface area contributed by atoms with Crippen molar-refractivity contribution in [1.29, 1.82) is 0 Å². The van der Waals surface area contributed by atoms with E-state index in [1.54, 1.807) is 0 Å². The zero-order valence-electron chi connectivity index (χ0n) is 53.6. The quantitative estimate of drug-likeness (QED) is 0.0892. The Balaban J connectivity index is 0.961. The molecule has 2 aliphatic heterocycles. The van der Waals surface area contributed by atoms with Gasteiger partial charge in [-0.3, -0.25) is 0 Å². The zero-order chi connectivity index (χ0) is 64.4. The largest absolute Gasteiger partial charge is 0.310 e. The molecule has 0 radical (unpaired) electrons. The summed E-state index contributed by atoms with van der Waals surface area (Å²) in [5.74, 6) is 0. The van der Waals surface area contributed by atoms with Gasteiger partial charge in [-0.25, -0.2) is 0 Å². The lowest BCUT2D eigenvalue weighted by atomic mass is 9.73. The minimum Gasteiger partial charge on any atom is -0.310 e. The number of hydrogen-bond donors (Lipinski definition) is 0. The van der Waals surface area contributed by atoms with Gasteiger partial charge in [-0.05, 0) is 164 Å². The van der Waals surface area contributed by atoms with Gasteiger partial charge >= 0.3 is 0 Å². The highest BCUT2D eigenvalue weighted by Crippen LogP contribution is 2.60. The highest BCUT2D eigenvalue weighted by atomic mass is 15.2. The van der Waals surface area contributed by atoms with E-state index < -0.39 is 5.41 Å². The fourth-order valence-corrected chi connectivity index (χ4v) is 15.5. The van der Waals surface area contributed by atoms with Crippen LogP contribution in [0.5, 0.6) is 0 Å². The first-order valence-corrected chi connectivity index (χ1v) is 33.6. The van der Waals surface area contributed by atoms with E-state index >= 15 is 0 Å². The molecule has 456 valence electrons. The highest BCUT2D eigenvalue weighted by molar-refractivity contribution is 6.25. The molecule has 1 unspecified atom stereocenters. The summed E-state index contributed by atoms with van der Waals surface area (Å²) in [6, 6.07) is 140. The number of hydrogen-bond acceptors (Lipinski definition) is 3. The van der Waals surface area contributed by atoms with Gasteiger partial charge in [0.1, 0.15) is 0 Å². The van der Waals surface area contributed by atoms with E-state index in [2.05, 4.69) is 398 Å². The molecule has 97 heavy (non-hydrogen) atoms. The molecule has 19 rings (SSSR count). The smallest absolute Gasteiger partial charge is 0.0620 e. The molecule has 1 atom stereocenters. The van der Waals surface area contributed by atoms with Crippen molar-refractivity contribution < 1.29 is 0 Å². The molecule has 16 aromatic carbocycles. The van der Waals surface area contributed by atoms with Crippen LogP contribution in [0, 0.1) is 0 Å². The van der Waals surface area contributed by atoms with Gasteiger partial charge in [0.25, 0.3) is 0 Å². The molecular weight excluding hydrogens is 1170 g/mol. The average Bonchev–Trinajstić information content (AvgIpc) is 1.60. The first kappa shape index (κ1) is 57.1. The number of para-hydroxylation sites is 3. The van der Waals surface area contributed by atoms with Crippen molar-refractivity contribution in [3.05, 3.63) is 393 Å². The van der Waals surface area contributed by atoms with Crippen LogP contribution in [0.25, 0.3) is 99.4 Å². The maximum Gasteiger partial charge on any atom is 0.0620 e. The first-order chi connectivity index (χ1) is 48.0. The number of anilines is 9. The molecule has 0 aromatic heterocycles. The van der Waals surface area contributed by atoms with Crippen molar-refractivity contribution in [3.63, 3.8) is 0 Å². The number of rotatable bonds is 12. The second-order valence-corrected chi connectivity index (χ2v) is 25.6. The average molecular weight is 1240 g/mol. The predicted molar refractivity (Wildman–Crippen MR) is 409 cm³/mol. The van der Waals surface area contributed by atoms with Gasteiger partial charge in [-0.15, -0.1) is 0 Å². The van der Waals surface area contributed by atoms with Crippen LogP contribution in [0.3, 0.4) is 0 Å². The molecule has 0 saturated carbocycles. The Labute approximate surface area is 567 Å². The van der Waals surface area contributed by atoms with E-state index in [1.807, 2.05) is 0 Å². The van der Waals surface area contributed by atoms with E-state index in [4.69, 9.17) is 0 Å². The van der Waals surface area contributed by atoms with Crippen molar-refractivity contribution in [2.24, 2.45) is 0 Å². The topological polar surface area (TPSA) is 9.72 Å². The van der Waals surface area contributed by atoms with Crippen molar-refractivity contribution >= 4 is 72.7 Å². The summed E-state index contributed by atoms with van der Waals surface area (Å²) in [5, 5.41) is 4.47. The van der Waals surface area contributed by atoms with Crippen LogP contribution >= 0.6 is 0 Å². The molecule has 16 aromatic rings. The minimum atomic E-state index is -0.632. The van der Waals surface area contributed by atoms with Crippen LogP contribution in [-0.2, 0) is 5.41 Å². The Kier molecular flexibility index (Phi) is 14.0. The maximum atomic E-state index is 2.61. The summed E-state index contributed by atoms with van der Waals surface area (Å²) in [6.45, 7) is 2.48. The van der Waals surface area contributed by atoms with Crippen LogP contribution in [-0.4, -0.2) is 0 Å². The molecule has 0 fully saturated rings. The third-order valence-electron chi connectivity index (χ3n) is 20.3. The standard InChI is InChI=1S/C94H65N3/c1-94-73-51-43-72(44-52-73)80-37-19-22-40-89(80)95(74-53-45-67(46-54-74)64-25-7-2-8-26-64)77-59-60-81(87(94)61-77)84-62-85-86(63-88(84)94)93(97(76-57-49-69(50-58-76)66-29-11-4-12-30-66)91-42-24-21-36-79(91)71-33-15-6-16-34-71)83-39-18-17-38-82(83)92(85)96(75-55-47-68(48-56-75)65-27-9-3-10-28-65)90-41-23-20-35-78(90)70-31-13-5-14-32-70/h2-63H,1H3. The summed E-state index contributed by atoms with van der Waals surface area (Å²) in [6.07, 6.45) is 0. The number of nitrogens with zero attached hydrogens (tertiary/aromatic N) is 3. The van der Waals surface area contributed by atoms with E-state index in [1.165, 1.54) is 55.6 Å². The second-order valence-electron chi connectivity index (χ2n) is 25.6. The van der Waals surface area contributed by atoms with Gasteiger partial charge in [0, 0.05) is 66.4 Å². The molecule has 4 bridgehead atoms. The lowest BCUT2D eigenvalue weighted by Crippen LogP contribution is -2.23. The molecule has 3 heteroatoms. The predicted octanol–water partition coefficient (Wildman–Crippen LogP) is 26.1. The fourth-order valence-electron chi connectivity index (χ4n) is 15.5. The van der Waals surface area contributed by atoms with Gasteiger partial charge < -0.3 is 14.7 Å². The van der Waals surface area contributed by atoms with Crippen LogP contribution in [0.1, 0.15) is 23.6 Å². The zero-order valence-corrected chi connectivity index (χ0v) is 53.6. The van der Waals surface area contributed by atoms with Gasteiger partial charge in [-0.1, -0.05) is 297 Å². The van der Waals surface area contributed by atoms with E-state index in [0.29, 0.717) is 0 Å². The minimum absolute atomic E-state index is 0.632. The third-order valence-corrected chi connectivity index (χ3v) is 20.3. The molecule has 1 aliphatic carbocycles. The van der Waals surface area contributed by atoms with Gasteiger partial charge in [0.2, 0.25) is 0 Å². The highest BCUT2D eigenvalue weighted by Gasteiger charge is 2.43. The summed E-state index contributed by atoms with van der Waals surface area (Å²) in [7, 11) is 0. The Hall–Kier alpha value is -12.6. The van der Waals surface area contributed by atoms with E-state index in [-0.39, 0.29) is 0 Å². The van der Waals surface area contributed by atoms with Crippen LogP contribution in [0.4, 0.5) is 51.2 Å². The van der Waals surface area contributed by atoms with Crippen LogP contribution < -0.4 is 14.7 Å². The van der Waals surface area contributed by atoms with Crippen molar-refractivity contribution in [2.45, 2.75) is 12.3 Å². The Morgan fingerprint density at radius 3 is 1.07 bits per heavy atom. The molecule has 3 aliphatic rings. The van der Waals surface area contributed by atoms with Crippen LogP contribution in [0.2, 0.25) is 0 Å².